The van der Waals surface area contributed by atoms with Crippen molar-refractivity contribution in [2.45, 2.75) is 25.7 Å². The first-order valence-corrected chi connectivity index (χ1v) is 9.49. The summed E-state index contributed by atoms with van der Waals surface area (Å²) in [5.74, 6) is 0.285. The molecule has 7 heteroatoms. The van der Waals surface area contributed by atoms with E-state index in [9.17, 15) is 9.18 Å². The number of imidazole rings is 2. The third kappa shape index (κ3) is 2.66. The molecule has 28 heavy (non-hydrogen) atoms. The van der Waals surface area contributed by atoms with E-state index in [4.69, 9.17) is 4.98 Å². The molecule has 1 saturated heterocycles. The molecule has 4 heterocycles. The van der Waals surface area contributed by atoms with Gasteiger partial charge in [0, 0.05) is 25.2 Å². The Kier molecular flexibility index (Phi) is 3.89. The lowest BCUT2D eigenvalue weighted by Gasteiger charge is -2.30. The van der Waals surface area contributed by atoms with Crippen LogP contribution in [0.15, 0.2) is 42.6 Å². The standard InChI is InChI=1S/C21H20FN5O/c1-13-5-4-6-15-17(13)25-20(23-15)14-8-11-26(12-9-14)21(28)18-19(22)27-10-3-2-7-16(27)24-18/h2-7,10,14H,8-9,11-12H2,1H3,(H,23,25). The molecule has 6 nitrogen and oxygen atoms in total. The summed E-state index contributed by atoms with van der Waals surface area (Å²) in [4.78, 5) is 26.9. The van der Waals surface area contributed by atoms with Crippen LogP contribution in [0.1, 0.15) is 40.6 Å². The molecule has 0 aliphatic carbocycles. The number of para-hydroxylation sites is 1. The molecule has 1 amide bonds. The van der Waals surface area contributed by atoms with E-state index in [1.807, 2.05) is 12.1 Å². The van der Waals surface area contributed by atoms with Gasteiger partial charge in [-0.2, -0.15) is 4.39 Å². The summed E-state index contributed by atoms with van der Waals surface area (Å²) in [5.41, 5.74) is 3.53. The number of hydrogen-bond acceptors (Lipinski definition) is 3. The molecule has 0 spiro atoms. The van der Waals surface area contributed by atoms with E-state index in [1.54, 1.807) is 29.3 Å². The number of amides is 1. The minimum absolute atomic E-state index is 0.107. The van der Waals surface area contributed by atoms with Gasteiger partial charge in [0.1, 0.15) is 11.5 Å². The quantitative estimate of drug-likeness (QED) is 0.580. The molecule has 5 rings (SSSR count). The number of pyridine rings is 1. The maximum absolute atomic E-state index is 14.6. The molecule has 0 saturated carbocycles. The SMILES string of the molecule is Cc1cccc2[nH]c(C3CCN(C(=O)c4nc5ccccn5c4F)CC3)nc12. The summed E-state index contributed by atoms with van der Waals surface area (Å²) in [6.45, 7) is 3.18. The van der Waals surface area contributed by atoms with Crippen molar-refractivity contribution < 1.29 is 9.18 Å². The summed E-state index contributed by atoms with van der Waals surface area (Å²) in [5, 5.41) is 0. The monoisotopic (exact) mass is 377 g/mol. The van der Waals surface area contributed by atoms with Gasteiger partial charge in [-0.15, -0.1) is 0 Å². The predicted octanol–water partition coefficient (Wildman–Crippen LogP) is 3.68. The van der Waals surface area contributed by atoms with Crippen LogP contribution in [-0.2, 0) is 0 Å². The molecular formula is C21H20FN5O. The van der Waals surface area contributed by atoms with E-state index >= 15 is 0 Å². The number of aromatic nitrogens is 4. The van der Waals surface area contributed by atoms with Gasteiger partial charge < -0.3 is 9.88 Å². The van der Waals surface area contributed by atoms with E-state index < -0.39 is 5.95 Å². The van der Waals surface area contributed by atoms with Gasteiger partial charge in [-0.1, -0.05) is 18.2 Å². The highest BCUT2D eigenvalue weighted by atomic mass is 19.1. The lowest BCUT2D eigenvalue weighted by molar-refractivity contribution is 0.0700. The highest BCUT2D eigenvalue weighted by Crippen LogP contribution is 2.29. The van der Waals surface area contributed by atoms with Crippen molar-refractivity contribution in [1.29, 1.82) is 0 Å². The minimum atomic E-state index is -0.601. The number of nitrogens with zero attached hydrogens (tertiary/aromatic N) is 4. The number of halogens is 1. The number of rotatable bonds is 2. The van der Waals surface area contributed by atoms with Gasteiger partial charge >= 0.3 is 0 Å². The topological polar surface area (TPSA) is 66.3 Å². The van der Waals surface area contributed by atoms with Crippen LogP contribution in [0.3, 0.4) is 0 Å². The first-order valence-electron chi connectivity index (χ1n) is 9.49. The zero-order valence-corrected chi connectivity index (χ0v) is 15.5. The second kappa shape index (κ2) is 6.44. The van der Waals surface area contributed by atoms with Crippen LogP contribution in [0.4, 0.5) is 4.39 Å². The molecule has 1 aliphatic heterocycles. The Morgan fingerprint density at radius 2 is 1.96 bits per heavy atom. The van der Waals surface area contributed by atoms with Crippen molar-refractivity contribution in [1.82, 2.24) is 24.3 Å². The Bertz CT molecular complexity index is 1190. The predicted molar refractivity (Wildman–Crippen MR) is 104 cm³/mol. The Morgan fingerprint density at radius 3 is 2.71 bits per heavy atom. The van der Waals surface area contributed by atoms with Crippen LogP contribution in [0.25, 0.3) is 16.7 Å². The van der Waals surface area contributed by atoms with Crippen molar-refractivity contribution in [3.63, 3.8) is 0 Å². The van der Waals surface area contributed by atoms with E-state index in [0.717, 1.165) is 35.3 Å². The normalized spacial score (nSPS) is 15.6. The number of aryl methyl sites for hydroxylation is 1. The first-order chi connectivity index (χ1) is 13.6. The Morgan fingerprint density at radius 1 is 1.14 bits per heavy atom. The zero-order chi connectivity index (χ0) is 19.3. The lowest BCUT2D eigenvalue weighted by atomic mass is 9.96. The van der Waals surface area contributed by atoms with Gasteiger partial charge in [-0.05, 0) is 43.5 Å². The fourth-order valence-electron chi connectivity index (χ4n) is 4.00. The Balaban J connectivity index is 1.34. The van der Waals surface area contributed by atoms with Crippen molar-refractivity contribution in [2.75, 3.05) is 13.1 Å². The van der Waals surface area contributed by atoms with Gasteiger partial charge in [0.25, 0.3) is 5.91 Å². The molecule has 4 aromatic rings. The van der Waals surface area contributed by atoms with Gasteiger partial charge in [-0.25, -0.2) is 9.97 Å². The molecule has 0 atom stereocenters. The first kappa shape index (κ1) is 16.9. The summed E-state index contributed by atoms with van der Waals surface area (Å²) in [7, 11) is 0. The highest BCUT2D eigenvalue weighted by molar-refractivity contribution is 5.93. The Hall–Kier alpha value is -3.22. The number of carbonyl (C=O) groups excluding carboxylic acids is 1. The molecule has 1 N–H and O–H groups in total. The molecular weight excluding hydrogens is 357 g/mol. The average molecular weight is 377 g/mol. The van der Waals surface area contributed by atoms with E-state index in [-0.39, 0.29) is 17.5 Å². The van der Waals surface area contributed by atoms with Gasteiger partial charge in [0.2, 0.25) is 5.95 Å². The molecule has 1 aromatic carbocycles. The van der Waals surface area contributed by atoms with Crippen LogP contribution < -0.4 is 0 Å². The molecule has 3 aromatic heterocycles. The van der Waals surface area contributed by atoms with Crippen molar-refractivity contribution >= 4 is 22.6 Å². The number of likely N-dealkylation sites (tertiary alicyclic amines) is 1. The third-order valence-electron chi connectivity index (χ3n) is 5.58. The van der Waals surface area contributed by atoms with E-state index in [0.29, 0.717) is 18.7 Å². The summed E-state index contributed by atoms with van der Waals surface area (Å²) in [6, 6.07) is 11.3. The average Bonchev–Trinajstić information content (AvgIpc) is 3.31. The second-order valence-electron chi connectivity index (χ2n) is 7.34. The minimum Gasteiger partial charge on any atom is -0.342 e. The highest BCUT2D eigenvalue weighted by Gasteiger charge is 2.29. The van der Waals surface area contributed by atoms with Crippen LogP contribution in [0, 0.1) is 12.9 Å². The van der Waals surface area contributed by atoms with Crippen LogP contribution in [0.5, 0.6) is 0 Å². The van der Waals surface area contributed by atoms with E-state index in [2.05, 4.69) is 23.0 Å². The third-order valence-corrected chi connectivity index (χ3v) is 5.58. The molecule has 0 radical (unpaired) electrons. The number of H-pyrrole nitrogens is 1. The number of hydrogen-bond donors (Lipinski definition) is 1. The second-order valence-corrected chi connectivity index (χ2v) is 7.34. The van der Waals surface area contributed by atoms with Crippen LogP contribution >= 0.6 is 0 Å². The fourth-order valence-corrected chi connectivity index (χ4v) is 4.00. The molecule has 1 fully saturated rings. The van der Waals surface area contributed by atoms with E-state index in [1.165, 1.54) is 4.40 Å². The van der Waals surface area contributed by atoms with Gasteiger partial charge in [-0.3, -0.25) is 9.20 Å². The number of aromatic amines is 1. The van der Waals surface area contributed by atoms with Crippen molar-refractivity contribution in [2.24, 2.45) is 0 Å². The smallest absolute Gasteiger partial charge is 0.277 e. The number of carbonyl (C=O) groups is 1. The number of benzene rings is 1. The fraction of sp³-hybridized carbons (Fsp3) is 0.286. The van der Waals surface area contributed by atoms with Crippen molar-refractivity contribution in [3.8, 4) is 0 Å². The zero-order valence-electron chi connectivity index (χ0n) is 15.5. The van der Waals surface area contributed by atoms with Crippen LogP contribution in [0.2, 0.25) is 0 Å². The molecule has 1 aliphatic rings. The van der Waals surface area contributed by atoms with Gasteiger partial charge in [0.15, 0.2) is 5.69 Å². The largest absolute Gasteiger partial charge is 0.342 e. The maximum atomic E-state index is 14.6. The number of nitrogens with one attached hydrogen (secondary N) is 1. The summed E-state index contributed by atoms with van der Waals surface area (Å²) < 4.78 is 15.9. The van der Waals surface area contributed by atoms with Crippen molar-refractivity contribution in [3.05, 3.63) is 65.6 Å². The number of fused-ring (bicyclic) bond motifs is 2. The Labute approximate surface area is 161 Å². The molecule has 0 unspecified atom stereocenters. The summed E-state index contributed by atoms with van der Waals surface area (Å²) >= 11 is 0. The lowest BCUT2D eigenvalue weighted by Crippen LogP contribution is -2.38. The summed E-state index contributed by atoms with van der Waals surface area (Å²) in [6.07, 6.45) is 3.16. The number of piperidine rings is 1. The molecule has 0 bridgehead atoms. The molecule has 142 valence electrons. The van der Waals surface area contributed by atoms with Crippen LogP contribution in [-0.4, -0.2) is 43.2 Å². The maximum Gasteiger partial charge on any atom is 0.277 e. The van der Waals surface area contributed by atoms with Gasteiger partial charge in [0.05, 0.1) is 11.0 Å².